The van der Waals surface area contributed by atoms with Crippen molar-refractivity contribution in [3.8, 4) is 0 Å². The standard InChI is InChI=1S/C16H26N4O2/c1-3-16(22,4-2)12-19-15(21)13-5-9-20(10-6-13)14-11-17-7-8-18-14/h7-8,11,13,22H,3-6,9-10,12H2,1-2H3,(H,19,21). The summed E-state index contributed by atoms with van der Waals surface area (Å²) in [5.41, 5.74) is -0.782. The minimum absolute atomic E-state index is 0.0193. The molecule has 2 N–H and O–H groups in total. The smallest absolute Gasteiger partial charge is 0.223 e. The molecule has 22 heavy (non-hydrogen) atoms. The fraction of sp³-hybridized carbons (Fsp3) is 0.688. The largest absolute Gasteiger partial charge is 0.388 e. The van der Waals surface area contributed by atoms with Gasteiger partial charge in [0.15, 0.2) is 0 Å². The van der Waals surface area contributed by atoms with Crippen molar-refractivity contribution in [3.63, 3.8) is 0 Å². The summed E-state index contributed by atoms with van der Waals surface area (Å²) in [4.78, 5) is 22.8. The van der Waals surface area contributed by atoms with Crippen molar-refractivity contribution < 1.29 is 9.90 Å². The minimum atomic E-state index is -0.782. The van der Waals surface area contributed by atoms with E-state index in [4.69, 9.17) is 0 Å². The zero-order valence-corrected chi connectivity index (χ0v) is 13.5. The fourth-order valence-electron chi connectivity index (χ4n) is 2.72. The highest BCUT2D eigenvalue weighted by Crippen LogP contribution is 2.21. The van der Waals surface area contributed by atoms with E-state index in [1.54, 1.807) is 18.6 Å². The molecule has 122 valence electrons. The van der Waals surface area contributed by atoms with Crippen LogP contribution in [-0.2, 0) is 4.79 Å². The van der Waals surface area contributed by atoms with Crippen molar-refractivity contribution in [2.75, 3.05) is 24.5 Å². The number of nitrogens with zero attached hydrogens (tertiary/aromatic N) is 3. The Hall–Kier alpha value is -1.69. The Morgan fingerprint density at radius 3 is 2.59 bits per heavy atom. The fourth-order valence-corrected chi connectivity index (χ4v) is 2.72. The number of rotatable bonds is 6. The van der Waals surface area contributed by atoms with E-state index in [1.807, 2.05) is 13.8 Å². The molecule has 1 aromatic rings. The van der Waals surface area contributed by atoms with Gasteiger partial charge in [0.05, 0.1) is 11.8 Å². The number of carbonyl (C=O) groups is 1. The molecule has 6 heteroatoms. The quantitative estimate of drug-likeness (QED) is 0.830. The molecule has 0 saturated carbocycles. The van der Waals surface area contributed by atoms with Crippen molar-refractivity contribution in [2.24, 2.45) is 5.92 Å². The molecule has 1 aliphatic heterocycles. The molecule has 0 atom stereocenters. The van der Waals surface area contributed by atoms with Crippen molar-refractivity contribution >= 4 is 11.7 Å². The molecule has 1 saturated heterocycles. The van der Waals surface area contributed by atoms with Crippen molar-refractivity contribution in [1.82, 2.24) is 15.3 Å². The summed E-state index contributed by atoms with van der Waals surface area (Å²) in [6.45, 7) is 5.83. The lowest BCUT2D eigenvalue weighted by atomic mass is 9.94. The highest BCUT2D eigenvalue weighted by atomic mass is 16.3. The second-order valence-electron chi connectivity index (χ2n) is 5.97. The summed E-state index contributed by atoms with van der Waals surface area (Å²) in [6, 6.07) is 0. The van der Waals surface area contributed by atoms with Crippen LogP contribution in [0.25, 0.3) is 0 Å². The molecular formula is C16H26N4O2. The number of aliphatic hydroxyl groups is 1. The van der Waals surface area contributed by atoms with Crippen molar-refractivity contribution in [1.29, 1.82) is 0 Å². The third-order valence-electron chi connectivity index (χ3n) is 4.65. The molecule has 0 aliphatic carbocycles. The first kappa shape index (κ1) is 16.7. The van der Waals surface area contributed by atoms with Crippen LogP contribution >= 0.6 is 0 Å². The van der Waals surface area contributed by atoms with E-state index in [2.05, 4.69) is 20.2 Å². The van der Waals surface area contributed by atoms with E-state index < -0.39 is 5.60 Å². The van der Waals surface area contributed by atoms with E-state index in [1.165, 1.54) is 0 Å². The average Bonchev–Trinajstić information content (AvgIpc) is 2.60. The third-order valence-corrected chi connectivity index (χ3v) is 4.65. The Kier molecular flexibility index (Phi) is 5.71. The molecule has 6 nitrogen and oxygen atoms in total. The molecule has 2 heterocycles. The zero-order valence-electron chi connectivity index (χ0n) is 13.5. The molecule has 0 aromatic carbocycles. The summed E-state index contributed by atoms with van der Waals surface area (Å²) >= 11 is 0. The lowest BCUT2D eigenvalue weighted by Gasteiger charge is -2.33. The van der Waals surface area contributed by atoms with Gasteiger partial charge in [-0.1, -0.05) is 13.8 Å². The molecule has 1 amide bonds. The SMILES string of the molecule is CCC(O)(CC)CNC(=O)C1CCN(c2cnccn2)CC1. The number of amides is 1. The van der Waals surface area contributed by atoms with Crippen LogP contribution in [0.15, 0.2) is 18.6 Å². The number of nitrogens with one attached hydrogen (secondary N) is 1. The highest BCUT2D eigenvalue weighted by Gasteiger charge is 2.28. The summed E-state index contributed by atoms with van der Waals surface area (Å²) in [5, 5.41) is 13.1. The summed E-state index contributed by atoms with van der Waals surface area (Å²) in [7, 11) is 0. The van der Waals surface area contributed by atoms with Crippen LogP contribution in [-0.4, -0.2) is 46.2 Å². The van der Waals surface area contributed by atoms with Gasteiger partial charge in [0.25, 0.3) is 0 Å². The molecular weight excluding hydrogens is 280 g/mol. The van der Waals surface area contributed by atoms with Crippen LogP contribution in [0.2, 0.25) is 0 Å². The molecule has 0 unspecified atom stereocenters. The maximum absolute atomic E-state index is 12.3. The van der Waals surface area contributed by atoms with Crippen LogP contribution < -0.4 is 10.2 Å². The number of hydrogen-bond acceptors (Lipinski definition) is 5. The van der Waals surface area contributed by atoms with Crippen LogP contribution in [0.4, 0.5) is 5.82 Å². The van der Waals surface area contributed by atoms with Gasteiger partial charge in [-0.25, -0.2) is 4.98 Å². The maximum atomic E-state index is 12.3. The van der Waals surface area contributed by atoms with Gasteiger partial charge in [-0.3, -0.25) is 9.78 Å². The molecule has 0 bridgehead atoms. The molecule has 1 fully saturated rings. The summed E-state index contributed by atoms with van der Waals surface area (Å²) in [5.74, 6) is 0.942. The molecule has 0 radical (unpaired) electrons. The second-order valence-corrected chi connectivity index (χ2v) is 5.97. The Labute approximate surface area is 132 Å². The first-order valence-electron chi connectivity index (χ1n) is 8.09. The number of hydrogen-bond donors (Lipinski definition) is 2. The zero-order chi connectivity index (χ0) is 16.0. The molecule has 1 aromatic heterocycles. The summed E-state index contributed by atoms with van der Waals surface area (Å²) < 4.78 is 0. The van der Waals surface area contributed by atoms with E-state index in [-0.39, 0.29) is 11.8 Å². The Balaban J connectivity index is 1.80. The molecule has 2 rings (SSSR count). The van der Waals surface area contributed by atoms with Gasteiger partial charge >= 0.3 is 0 Å². The van der Waals surface area contributed by atoms with Crippen LogP contribution in [0.3, 0.4) is 0 Å². The normalized spacial score (nSPS) is 16.6. The first-order chi connectivity index (χ1) is 10.6. The van der Waals surface area contributed by atoms with Crippen LogP contribution in [0, 0.1) is 5.92 Å². The van der Waals surface area contributed by atoms with E-state index in [0.717, 1.165) is 31.7 Å². The Bertz CT molecular complexity index is 468. The minimum Gasteiger partial charge on any atom is -0.388 e. The van der Waals surface area contributed by atoms with Gasteiger partial charge in [0.2, 0.25) is 5.91 Å². The predicted molar refractivity (Wildman–Crippen MR) is 85.5 cm³/mol. The van der Waals surface area contributed by atoms with Gasteiger partial charge in [0, 0.05) is 37.9 Å². The van der Waals surface area contributed by atoms with Gasteiger partial charge in [0.1, 0.15) is 5.82 Å². The average molecular weight is 306 g/mol. The van der Waals surface area contributed by atoms with E-state index in [9.17, 15) is 9.90 Å². The van der Waals surface area contributed by atoms with Crippen LogP contribution in [0.5, 0.6) is 0 Å². The Morgan fingerprint density at radius 2 is 2.05 bits per heavy atom. The lowest BCUT2D eigenvalue weighted by Crippen LogP contribution is -2.46. The summed E-state index contributed by atoms with van der Waals surface area (Å²) in [6.07, 6.45) is 8.00. The van der Waals surface area contributed by atoms with Gasteiger partial charge in [-0.15, -0.1) is 0 Å². The van der Waals surface area contributed by atoms with Crippen molar-refractivity contribution in [2.45, 2.75) is 45.1 Å². The van der Waals surface area contributed by atoms with Gasteiger partial charge < -0.3 is 15.3 Å². The lowest BCUT2D eigenvalue weighted by molar-refractivity contribution is -0.127. The number of carbonyl (C=O) groups excluding carboxylic acids is 1. The molecule has 1 aliphatic rings. The second kappa shape index (κ2) is 7.54. The van der Waals surface area contributed by atoms with E-state index in [0.29, 0.717) is 19.4 Å². The molecule has 0 spiro atoms. The highest BCUT2D eigenvalue weighted by molar-refractivity contribution is 5.79. The van der Waals surface area contributed by atoms with Crippen molar-refractivity contribution in [3.05, 3.63) is 18.6 Å². The van der Waals surface area contributed by atoms with Gasteiger partial charge in [-0.2, -0.15) is 0 Å². The topological polar surface area (TPSA) is 78.4 Å². The first-order valence-corrected chi connectivity index (χ1v) is 8.09. The van der Waals surface area contributed by atoms with E-state index >= 15 is 0 Å². The third kappa shape index (κ3) is 4.16. The number of anilines is 1. The predicted octanol–water partition coefficient (Wildman–Crippen LogP) is 1.36. The Morgan fingerprint density at radius 1 is 1.36 bits per heavy atom. The maximum Gasteiger partial charge on any atom is 0.223 e. The monoisotopic (exact) mass is 306 g/mol. The van der Waals surface area contributed by atoms with Crippen LogP contribution in [0.1, 0.15) is 39.5 Å². The number of aromatic nitrogens is 2. The number of piperidine rings is 1. The van der Waals surface area contributed by atoms with Gasteiger partial charge in [-0.05, 0) is 25.7 Å².